The molecule has 1 atom stereocenters. The fourth-order valence-corrected chi connectivity index (χ4v) is 2.73. The third-order valence-electron chi connectivity index (χ3n) is 3.93. The third-order valence-corrected chi connectivity index (χ3v) is 3.93. The Morgan fingerprint density at radius 3 is 2.84 bits per heavy atom. The molecule has 1 aliphatic rings. The van der Waals surface area contributed by atoms with Crippen LogP contribution < -0.4 is 10.2 Å². The summed E-state index contributed by atoms with van der Waals surface area (Å²) in [6.45, 7) is 7.41. The molecule has 1 unspecified atom stereocenters. The van der Waals surface area contributed by atoms with Crippen LogP contribution >= 0.6 is 0 Å². The van der Waals surface area contributed by atoms with Gasteiger partial charge in [0.25, 0.3) is 0 Å². The Hall–Kier alpha value is -1.53. The summed E-state index contributed by atoms with van der Waals surface area (Å²) >= 11 is 0. The summed E-state index contributed by atoms with van der Waals surface area (Å²) < 4.78 is 0. The summed E-state index contributed by atoms with van der Waals surface area (Å²) in [5.41, 5.74) is 3.07. The van der Waals surface area contributed by atoms with Crippen LogP contribution in [0.1, 0.15) is 37.3 Å². The smallest absolute Gasteiger partial charge is 0.0994 e. The van der Waals surface area contributed by atoms with E-state index in [0.717, 1.165) is 30.8 Å². The second-order valence-corrected chi connectivity index (χ2v) is 5.30. The number of aryl methyl sites for hydroxylation is 1. The molecule has 0 spiro atoms. The van der Waals surface area contributed by atoms with Gasteiger partial charge in [-0.05, 0) is 57.0 Å². The van der Waals surface area contributed by atoms with Gasteiger partial charge in [-0.3, -0.25) is 0 Å². The Morgan fingerprint density at radius 1 is 1.42 bits per heavy atom. The minimum Gasteiger partial charge on any atom is -0.370 e. The molecule has 0 radical (unpaired) electrons. The number of piperidine rings is 1. The minimum absolute atomic E-state index is 0.602. The molecule has 0 aromatic heterocycles. The molecule has 1 N–H and O–H groups in total. The summed E-state index contributed by atoms with van der Waals surface area (Å²) in [6.07, 6.45) is 3.91. The predicted molar refractivity (Wildman–Crippen MR) is 79.4 cm³/mol. The Bertz CT molecular complexity index is 456. The SMILES string of the molecule is CCN(CC1CCCCN1)c1ccc(C#N)c(C)c1. The van der Waals surface area contributed by atoms with Gasteiger partial charge in [0.2, 0.25) is 0 Å². The number of nitriles is 1. The van der Waals surface area contributed by atoms with Crippen LogP contribution in [0.2, 0.25) is 0 Å². The highest BCUT2D eigenvalue weighted by Crippen LogP contribution is 2.20. The second-order valence-electron chi connectivity index (χ2n) is 5.30. The summed E-state index contributed by atoms with van der Waals surface area (Å²) in [7, 11) is 0. The predicted octanol–water partition coefficient (Wildman–Crippen LogP) is 2.84. The highest BCUT2D eigenvalue weighted by Gasteiger charge is 2.16. The summed E-state index contributed by atoms with van der Waals surface area (Å²) in [4.78, 5) is 2.40. The lowest BCUT2D eigenvalue weighted by Gasteiger charge is -2.31. The molecule has 1 aliphatic heterocycles. The molecular weight excluding hydrogens is 234 g/mol. The number of hydrogen-bond donors (Lipinski definition) is 1. The number of hydrogen-bond acceptors (Lipinski definition) is 3. The first-order chi connectivity index (χ1) is 9.24. The molecule has 1 saturated heterocycles. The largest absolute Gasteiger partial charge is 0.370 e. The highest BCUT2D eigenvalue weighted by atomic mass is 15.2. The number of rotatable bonds is 4. The zero-order valence-electron chi connectivity index (χ0n) is 11.9. The molecule has 1 heterocycles. The lowest BCUT2D eigenvalue weighted by molar-refractivity contribution is 0.400. The number of nitrogens with zero attached hydrogens (tertiary/aromatic N) is 2. The Balaban J connectivity index is 2.08. The van der Waals surface area contributed by atoms with Gasteiger partial charge < -0.3 is 10.2 Å². The second kappa shape index (κ2) is 6.58. The molecule has 0 aliphatic carbocycles. The van der Waals surface area contributed by atoms with Crippen molar-refractivity contribution in [3.63, 3.8) is 0 Å². The molecule has 3 heteroatoms. The zero-order valence-corrected chi connectivity index (χ0v) is 11.9. The first-order valence-corrected chi connectivity index (χ1v) is 7.23. The summed E-state index contributed by atoms with van der Waals surface area (Å²) in [5.74, 6) is 0. The van der Waals surface area contributed by atoms with Gasteiger partial charge in [-0.2, -0.15) is 5.26 Å². The van der Waals surface area contributed by atoms with Gasteiger partial charge in [-0.15, -0.1) is 0 Å². The molecule has 19 heavy (non-hydrogen) atoms. The van der Waals surface area contributed by atoms with Crippen LogP contribution in [0.25, 0.3) is 0 Å². The molecule has 1 fully saturated rings. The zero-order chi connectivity index (χ0) is 13.7. The van der Waals surface area contributed by atoms with Crippen LogP contribution in [0, 0.1) is 18.3 Å². The number of likely N-dealkylation sites (N-methyl/N-ethyl adjacent to an activating group) is 1. The third kappa shape index (κ3) is 3.48. The van der Waals surface area contributed by atoms with Crippen LogP contribution in [-0.2, 0) is 0 Å². The van der Waals surface area contributed by atoms with Gasteiger partial charge in [-0.25, -0.2) is 0 Å². The number of nitrogens with one attached hydrogen (secondary N) is 1. The molecule has 0 amide bonds. The molecule has 0 saturated carbocycles. The van der Waals surface area contributed by atoms with Crippen molar-refractivity contribution in [2.75, 3.05) is 24.5 Å². The van der Waals surface area contributed by atoms with Crippen molar-refractivity contribution in [1.29, 1.82) is 5.26 Å². The normalized spacial score (nSPS) is 18.9. The molecular formula is C16H23N3. The average Bonchev–Trinajstić information content (AvgIpc) is 2.46. The highest BCUT2D eigenvalue weighted by molar-refractivity contribution is 5.53. The monoisotopic (exact) mass is 257 g/mol. The Morgan fingerprint density at radius 2 is 2.26 bits per heavy atom. The van der Waals surface area contributed by atoms with Crippen LogP contribution in [0.5, 0.6) is 0 Å². The van der Waals surface area contributed by atoms with Gasteiger partial charge in [0.05, 0.1) is 11.6 Å². The molecule has 0 bridgehead atoms. The first-order valence-electron chi connectivity index (χ1n) is 7.23. The van der Waals surface area contributed by atoms with Gasteiger partial charge in [0.1, 0.15) is 0 Å². The average molecular weight is 257 g/mol. The van der Waals surface area contributed by atoms with Crippen LogP contribution in [0.3, 0.4) is 0 Å². The van der Waals surface area contributed by atoms with Gasteiger partial charge in [0.15, 0.2) is 0 Å². The van der Waals surface area contributed by atoms with Crippen molar-refractivity contribution in [3.05, 3.63) is 29.3 Å². The Kier molecular flexibility index (Phi) is 4.81. The van der Waals surface area contributed by atoms with E-state index < -0.39 is 0 Å². The summed E-state index contributed by atoms with van der Waals surface area (Å²) in [5, 5.41) is 12.6. The van der Waals surface area contributed by atoms with Crippen molar-refractivity contribution < 1.29 is 0 Å². The van der Waals surface area contributed by atoms with E-state index in [-0.39, 0.29) is 0 Å². The van der Waals surface area contributed by atoms with E-state index in [1.54, 1.807) is 0 Å². The van der Waals surface area contributed by atoms with E-state index in [9.17, 15) is 0 Å². The standard InChI is InChI=1S/C16H23N3/c1-3-19(12-15-6-4-5-9-18-15)16-8-7-14(11-17)13(2)10-16/h7-8,10,15,18H,3-6,9,12H2,1-2H3. The first kappa shape index (κ1) is 13.9. The van der Waals surface area contributed by atoms with Gasteiger partial charge in [0, 0.05) is 24.8 Å². The number of benzene rings is 1. The maximum Gasteiger partial charge on any atom is 0.0994 e. The molecule has 3 nitrogen and oxygen atoms in total. The van der Waals surface area contributed by atoms with Crippen LogP contribution in [0.15, 0.2) is 18.2 Å². The maximum atomic E-state index is 8.99. The van der Waals surface area contributed by atoms with Gasteiger partial charge in [-0.1, -0.05) is 6.42 Å². The van der Waals surface area contributed by atoms with Crippen LogP contribution in [0.4, 0.5) is 5.69 Å². The Labute approximate surface area is 116 Å². The van der Waals surface area contributed by atoms with Crippen molar-refractivity contribution in [2.45, 2.75) is 39.2 Å². The fraction of sp³-hybridized carbons (Fsp3) is 0.562. The van der Waals surface area contributed by atoms with Crippen molar-refractivity contribution in [3.8, 4) is 6.07 Å². The van der Waals surface area contributed by atoms with E-state index in [2.05, 4.69) is 35.3 Å². The van der Waals surface area contributed by atoms with E-state index in [0.29, 0.717) is 6.04 Å². The van der Waals surface area contributed by atoms with E-state index in [1.165, 1.54) is 24.9 Å². The van der Waals surface area contributed by atoms with Crippen molar-refractivity contribution >= 4 is 5.69 Å². The fourth-order valence-electron chi connectivity index (χ4n) is 2.73. The molecule has 1 aromatic carbocycles. The minimum atomic E-state index is 0.602. The molecule has 2 rings (SSSR count). The van der Waals surface area contributed by atoms with Crippen molar-refractivity contribution in [1.82, 2.24) is 5.32 Å². The van der Waals surface area contributed by atoms with E-state index >= 15 is 0 Å². The van der Waals surface area contributed by atoms with E-state index in [1.807, 2.05) is 13.0 Å². The lowest BCUT2D eigenvalue weighted by atomic mass is 10.0. The quantitative estimate of drug-likeness (QED) is 0.901. The summed E-state index contributed by atoms with van der Waals surface area (Å²) in [6, 6.07) is 8.96. The maximum absolute atomic E-state index is 8.99. The number of anilines is 1. The van der Waals surface area contributed by atoms with Crippen LogP contribution in [-0.4, -0.2) is 25.7 Å². The van der Waals surface area contributed by atoms with Gasteiger partial charge >= 0.3 is 0 Å². The lowest BCUT2D eigenvalue weighted by Crippen LogP contribution is -2.43. The molecule has 1 aromatic rings. The topological polar surface area (TPSA) is 39.1 Å². The van der Waals surface area contributed by atoms with Crippen molar-refractivity contribution in [2.24, 2.45) is 0 Å². The molecule has 102 valence electrons. The van der Waals surface area contributed by atoms with E-state index in [4.69, 9.17) is 5.26 Å².